The van der Waals surface area contributed by atoms with E-state index in [1.165, 1.54) is 0 Å². The predicted octanol–water partition coefficient (Wildman–Crippen LogP) is 2.04. The molecule has 98 valence electrons. The lowest BCUT2D eigenvalue weighted by Crippen LogP contribution is -2.41. The van der Waals surface area contributed by atoms with Crippen LogP contribution in [0.5, 0.6) is 5.75 Å². The fraction of sp³-hybridized carbons (Fsp3) is 0.462. The van der Waals surface area contributed by atoms with Crippen LogP contribution in [0.4, 0.5) is 0 Å². The van der Waals surface area contributed by atoms with Gasteiger partial charge in [0.1, 0.15) is 5.75 Å². The molecule has 0 bridgehead atoms. The van der Waals surface area contributed by atoms with Crippen LogP contribution in [0.1, 0.15) is 5.56 Å². The predicted molar refractivity (Wildman–Crippen MR) is 77.4 cm³/mol. The number of hydrogen-bond donors (Lipinski definition) is 0. The average Bonchev–Trinajstić information content (AvgIpc) is 2.38. The van der Waals surface area contributed by atoms with Gasteiger partial charge >= 0.3 is 0 Å². The standard InChI is InChI=1S/C13H18BrN3O/c1-16-5-7-17(8-6-16)15-10-11-9-12(14)3-4-13(11)18-2/h3-4,9-10H,5-8H2,1-2H3. The van der Waals surface area contributed by atoms with Crippen LogP contribution < -0.4 is 4.74 Å². The number of rotatable bonds is 3. The van der Waals surface area contributed by atoms with Gasteiger partial charge < -0.3 is 9.64 Å². The van der Waals surface area contributed by atoms with Gasteiger partial charge in [0, 0.05) is 36.2 Å². The maximum absolute atomic E-state index is 5.32. The summed E-state index contributed by atoms with van der Waals surface area (Å²) in [6.45, 7) is 4.08. The van der Waals surface area contributed by atoms with Crippen molar-refractivity contribution in [2.75, 3.05) is 40.3 Å². The zero-order valence-electron chi connectivity index (χ0n) is 10.8. The van der Waals surface area contributed by atoms with E-state index in [4.69, 9.17) is 4.74 Å². The van der Waals surface area contributed by atoms with E-state index in [1.54, 1.807) is 7.11 Å². The van der Waals surface area contributed by atoms with Gasteiger partial charge in [-0.05, 0) is 25.2 Å². The highest BCUT2D eigenvalue weighted by molar-refractivity contribution is 9.10. The second-order valence-corrected chi connectivity index (χ2v) is 5.30. The van der Waals surface area contributed by atoms with E-state index in [-0.39, 0.29) is 0 Å². The highest BCUT2D eigenvalue weighted by Crippen LogP contribution is 2.21. The first-order valence-electron chi connectivity index (χ1n) is 6.00. The number of methoxy groups -OCH3 is 1. The van der Waals surface area contributed by atoms with E-state index in [0.29, 0.717) is 0 Å². The number of hydrogen-bond acceptors (Lipinski definition) is 4. The van der Waals surface area contributed by atoms with Crippen molar-refractivity contribution in [3.8, 4) is 5.75 Å². The summed E-state index contributed by atoms with van der Waals surface area (Å²) in [5, 5.41) is 6.62. The third-order valence-corrected chi connectivity index (χ3v) is 3.52. The van der Waals surface area contributed by atoms with Crippen molar-refractivity contribution in [3.63, 3.8) is 0 Å². The number of benzene rings is 1. The lowest BCUT2D eigenvalue weighted by molar-refractivity contribution is 0.159. The molecule has 1 saturated heterocycles. The highest BCUT2D eigenvalue weighted by Gasteiger charge is 2.11. The maximum Gasteiger partial charge on any atom is 0.127 e. The van der Waals surface area contributed by atoms with E-state index < -0.39 is 0 Å². The Morgan fingerprint density at radius 1 is 1.28 bits per heavy atom. The number of piperazine rings is 1. The highest BCUT2D eigenvalue weighted by atomic mass is 79.9. The van der Waals surface area contributed by atoms with Crippen LogP contribution >= 0.6 is 15.9 Å². The molecule has 0 N–H and O–H groups in total. The van der Waals surface area contributed by atoms with E-state index in [2.05, 4.69) is 38.0 Å². The molecule has 0 spiro atoms. The summed E-state index contributed by atoms with van der Waals surface area (Å²) in [7, 11) is 3.81. The van der Waals surface area contributed by atoms with Gasteiger partial charge in [0.05, 0.1) is 13.3 Å². The third kappa shape index (κ3) is 3.46. The minimum absolute atomic E-state index is 0.844. The largest absolute Gasteiger partial charge is 0.496 e. The molecule has 4 nitrogen and oxygen atoms in total. The summed E-state index contributed by atoms with van der Waals surface area (Å²) < 4.78 is 6.35. The Bertz CT molecular complexity index is 428. The first-order chi connectivity index (χ1) is 8.69. The number of nitrogens with zero attached hydrogens (tertiary/aromatic N) is 3. The van der Waals surface area contributed by atoms with E-state index in [0.717, 1.165) is 42.0 Å². The van der Waals surface area contributed by atoms with Crippen LogP contribution in [0.15, 0.2) is 27.8 Å². The SMILES string of the molecule is COc1ccc(Br)cc1C=NN1CCN(C)CC1. The first kappa shape index (κ1) is 13.4. The minimum Gasteiger partial charge on any atom is -0.496 e. The summed E-state index contributed by atoms with van der Waals surface area (Å²) >= 11 is 3.46. The van der Waals surface area contributed by atoms with Crippen LogP contribution in [0.3, 0.4) is 0 Å². The third-order valence-electron chi connectivity index (χ3n) is 3.03. The second kappa shape index (κ2) is 6.20. The number of ether oxygens (including phenoxy) is 1. The van der Waals surface area contributed by atoms with Crippen LogP contribution in [-0.4, -0.2) is 56.5 Å². The van der Waals surface area contributed by atoms with Crippen molar-refractivity contribution in [3.05, 3.63) is 28.2 Å². The number of likely N-dealkylation sites (N-methyl/N-ethyl adjacent to an activating group) is 1. The molecule has 1 aliphatic rings. The topological polar surface area (TPSA) is 28.1 Å². The Balaban J connectivity index is 2.06. The Morgan fingerprint density at radius 3 is 2.67 bits per heavy atom. The smallest absolute Gasteiger partial charge is 0.127 e. The summed E-state index contributed by atoms with van der Waals surface area (Å²) in [4.78, 5) is 2.31. The Kier molecular flexibility index (Phi) is 4.60. The molecule has 0 atom stereocenters. The molecule has 0 unspecified atom stereocenters. The molecule has 0 amide bonds. The summed E-state index contributed by atoms with van der Waals surface area (Å²) in [5.41, 5.74) is 0.991. The van der Waals surface area contributed by atoms with Crippen molar-refractivity contribution in [1.82, 2.24) is 9.91 Å². The van der Waals surface area contributed by atoms with Crippen molar-refractivity contribution in [1.29, 1.82) is 0 Å². The van der Waals surface area contributed by atoms with Crippen LogP contribution in [0, 0.1) is 0 Å². The van der Waals surface area contributed by atoms with Gasteiger partial charge in [-0.3, -0.25) is 5.01 Å². The second-order valence-electron chi connectivity index (χ2n) is 4.39. The molecule has 0 saturated carbocycles. The van der Waals surface area contributed by atoms with Gasteiger partial charge in [0.2, 0.25) is 0 Å². The minimum atomic E-state index is 0.844. The molecule has 1 aliphatic heterocycles. The Labute approximate surface area is 116 Å². The number of halogens is 1. The lowest BCUT2D eigenvalue weighted by Gasteiger charge is -2.30. The first-order valence-corrected chi connectivity index (χ1v) is 6.79. The fourth-order valence-corrected chi connectivity index (χ4v) is 2.24. The molecule has 18 heavy (non-hydrogen) atoms. The Morgan fingerprint density at radius 2 is 2.00 bits per heavy atom. The van der Waals surface area contributed by atoms with E-state index in [1.807, 2.05) is 24.4 Å². The molecule has 1 aromatic carbocycles. The molecular formula is C13H18BrN3O. The fourth-order valence-electron chi connectivity index (χ4n) is 1.86. The van der Waals surface area contributed by atoms with Gasteiger partial charge in [0.15, 0.2) is 0 Å². The van der Waals surface area contributed by atoms with Crippen LogP contribution in [0.25, 0.3) is 0 Å². The van der Waals surface area contributed by atoms with Gasteiger partial charge in [-0.15, -0.1) is 0 Å². The summed E-state index contributed by atoms with van der Waals surface area (Å²) in [5.74, 6) is 0.844. The van der Waals surface area contributed by atoms with Crippen molar-refractivity contribution >= 4 is 22.1 Å². The van der Waals surface area contributed by atoms with E-state index in [9.17, 15) is 0 Å². The molecule has 1 aromatic rings. The van der Waals surface area contributed by atoms with Gasteiger partial charge in [-0.2, -0.15) is 5.10 Å². The van der Waals surface area contributed by atoms with Crippen molar-refractivity contribution < 1.29 is 4.74 Å². The molecule has 0 aromatic heterocycles. The van der Waals surface area contributed by atoms with E-state index >= 15 is 0 Å². The molecule has 2 rings (SSSR count). The van der Waals surface area contributed by atoms with Gasteiger partial charge in [0.25, 0.3) is 0 Å². The quantitative estimate of drug-likeness (QED) is 0.800. The molecular weight excluding hydrogens is 294 g/mol. The van der Waals surface area contributed by atoms with Crippen molar-refractivity contribution in [2.45, 2.75) is 0 Å². The van der Waals surface area contributed by atoms with Gasteiger partial charge in [-0.25, -0.2) is 0 Å². The normalized spacial score (nSPS) is 17.4. The number of hydrazone groups is 1. The zero-order chi connectivity index (χ0) is 13.0. The van der Waals surface area contributed by atoms with Crippen molar-refractivity contribution in [2.24, 2.45) is 5.10 Å². The summed E-state index contributed by atoms with van der Waals surface area (Å²) in [6, 6.07) is 5.92. The average molecular weight is 312 g/mol. The van der Waals surface area contributed by atoms with Crippen LogP contribution in [0.2, 0.25) is 0 Å². The molecule has 1 heterocycles. The molecule has 0 radical (unpaired) electrons. The van der Waals surface area contributed by atoms with Crippen LogP contribution in [-0.2, 0) is 0 Å². The molecule has 0 aliphatic carbocycles. The monoisotopic (exact) mass is 311 g/mol. The molecule has 1 fully saturated rings. The molecule has 5 heteroatoms. The maximum atomic E-state index is 5.32. The Hall–Kier alpha value is -1.07. The lowest BCUT2D eigenvalue weighted by atomic mass is 10.2. The zero-order valence-corrected chi connectivity index (χ0v) is 12.4. The van der Waals surface area contributed by atoms with Gasteiger partial charge in [-0.1, -0.05) is 15.9 Å². The summed E-state index contributed by atoms with van der Waals surface area (Å²) in [6.07, 6.45) is 1.87.